The summed E-state index contributed by atoms with van der Waals surface area (Å²) in [5.74, 6) is -2.15. The van der Waals surface area contributed by atoms with Crippen LogP contribution in [-0.2, 0) is 27.3 Å². The highest BCUT2D eigenvalue weighted by Crippen LogP contribution is 2.32. The highest BCUT2D eigenvalue weighted by atomic mass is 32.2. The van der Waals surface area contributed by atoms with E-state index in [2.05, 4.69) is 10.3 Å². The molecule has 0 bridgehead atoms. The summed E-state index contributed by atoms with van der Waals surface area (Å²) >= 11 is 1.21. The summed E-state index contributed by atoms with van der Waals surface area (Å²) in [7, 11) is 0. The van der Waals surface area contributed by atoms with Crippen LogP contribution in [0.5, 0.6) is 0 Å². The maximum absolute atomic E-state index is 12.4. The second kappa shape index (κ2) is 9.11. The Morgan fingerprint density at radius 3 is 2.53 bits per heavy atom. The second-order valence-electron chi connectivity index (χ2n) is 7.17. The van der Waals surface area contributed by atoms with Crippen LogP contribution in [0.25, 0.3) is 17.0 Å². The third-order valence-corrected chi connectivity index (χ3v) is 5.76. The lowest BCUT2D eigenvalue weighted by Crippen LogP contribution is -2.07. The van der Waals surface area contributed by atoms with Crippen LogP contribution < -0.4 is 5.32 Å². The minimum absolute atomic E-state index is 0.0703. The van der Waals surface area contributed by atoms with Crippen LogP contribution in [-0.4, -0.2) is 37.8 Å². The highest BCUT2D eigenvalue weighted by molar-refractivity contribution is 8.18. The molecule has 1 amide bonds. The van der Waals surface area contributed by atoms with Gasteiger partial charge in [0.05, 0.1) is 4.91 Å². The number of anilines is 1. The molecule has 1 aromatic heterocycles. The molecule has 0 saturated carbocycles. The van der Waals surface area contributed by atoms with Crippen LogP contribution in [0.15, 0.2) is 64.6 Å². The molecule has 8 nitrogen and oxygen atoms in total. The summed E-state index contributed by atoms with van der Waals surface area (Å²) in [6.45, 7) is -0.170. The fraction of sp³-hybridized carbons (Fsp3) is 0.130. The number of carbonyl (C=O) groups excluding carboxylic acids is 1. The smallest absolute Gasteiger partial charge is 0.323 e. The molecule has 32 heavy (non-hydrogen) atoms. The number of fused-ring (bicyclic) bond motifs is 1. The van der Waals surface area contributed by atoms with Crippen LogP contribution >= 0.6 is 11.8 Å². The lowest BCUT2D eigenvalue weighted by Gasteiger charge is -2.05. The van der Waals surface area contributed by atoms with Gasteiger partial charge in [0.2, 0.25) is 0 Å². The average molecular weight is 449 g/mol. The van der Waals surface area contributed by atoms with E-state index in [1.54, 1.807) is 16.8 Å². The average Bonchev–Trinajstić information content (AvgIpc) is 3.27. The van der Waals surface area contributed by atoms with Gasteiger partial charge in [-0.15, -0.1) is 0 Å². The number of aliphatic imine (C=N–C) groups is 1. The number of nitrogens with zero attached hydrogens (tertiary/aromatic N) is 2. The maximum atomic E-state index is 12.4. The number of carbonyl (C=O) groups is 3. The molecule has 1 aliphatic heterocycles. The van der Waals surface area contributed by atoms with Gasteiger partial charge in [-0.25, -0.2) is 0 Å². The van der Waals surface area contributed by atoms with Crippen LogP contribution in [0.4, 0.5) is 5.69 Å². The number of carboxylic acids is 2. The predicted octanol–water partition coefficient (Wildman–Crippen LogP) is 3.83. The van der Waals surface area contributed by atoms with Crippen molar-refractivity contribution in [2.24, 2.45) is 4.99 Å². The highest BCUT2D eigenvalue weighted by Gasteiger charge is 2.23. The van der Waals surface area contributed by atoms with Gasteiger partial charge >= 0.3 is 11.9 Å². The second-order valence-corrected chi connectivity index (χ2v) is 8.20. The van der Waals surface area contributed by atoms with Crippen molar-refractivity contribution in [1.29, 1.82) is 0 Å². The number of para-hydroxylation sites is 1. The number of nitrogens with one attached hydrogen (secondary N) is 1. The number of rotatable bonds is 7. The molecule has 0 atom stereocenters. The van der Waals surface area contributed by atoms with E-state index < -0.39 is 11.9 Å². The summed E-state index contributed by atoms with van der Waals surface area (Å²) in [4.78, 5) is 38.8. The number of hydrogen-bond acceptors (Lipinski definition) is 5. The monoisotopic (exact) mass is 449 g/mol. The normalized spacial score (nSPS) is 14.7. The van der Waals surface area contributed by atoms with Crippen molar-refractivity contribution >= 4 is 57.4 Å². The van der Waals surface area contributed by atoms with Gasteiger partial charge in [-0.3, -0.25) is 14.4 Å². The van der Waals surface area contributed by atoms with Crippen molar-refractivity contribution in [1.82, 2.24) is 4.57 Å². The van der Waals surface area contributed by atoms with E-state index in [1.807, 2.05) is 48.5 Å². The summed E-state index contributed by atoms with van der Waals surface area (Å²) in [5.41, 5.74) is 3.17. The zero-order valence-electron chi connectivity index (χ0n) is 16.8. The first-order valence-electron chi connectivity index (χ1n) is 9.79. The molecule has 0 fully saturated rings. The molecule has 3 N–H and O–H groups in total. The first kappa shape index (κ1) is 21.4. The molecule has 0 unspecified atom stereocenters. The van der Waals surface area contributed by atoms with E-state index in [0.29, 0.717) is 16.5 Å². The first-order chi connectivity index (χ1) is 15.4. The fourth-order valence-corrected chi connectivity index (χ4v) is 4.22. The Morgan fingerprint density at radius 2 is 1.81 bits per heavy atom. The molecule has 0 radical (unpaired) electrons. The lowest BCUT2D eigenvalue weighted by molar-refractivity contribution is -0.138. The Balaban J connectivity index is 1.49. The number of amidine groups is 1. The maximum Gasteiger partial charge on any atom is 0.323 e. The van der Waals surface area contributed by atoms with Gasteiger partial charge in [0.25, 0.3) is 5.91 Å². The first-order valence-corrected chi connectivity index (χ1v) is 10.6. The molecule has 4 rings (SSSR count). The Hall–Kier alpha value is -3.85. The molecular weight excluding hydrogens is 430 g/mol. The van der Waals surface area contributed by atoms with Crippen LogP contribution in [0.1, 0.15) is 17.5 Å². The van der Waals surface area contributed by atoms with E-state index in [4.69, 9.17) is 10.2 Å². The van der Waals surface area contributed by atoms with Crippen molar-refractivity contribution in [2.45, 2.75) is 19.4 Å². The number of aryl methyl sites for hydroxylation is 1. The number of benzene rings is 2. The van der Waals surface area contributed by atoms with Crippen molar-refractivity contribution < 1.29 is 24.6 Å². The van der Waals surface area contributed by atoms with Crippen molar-refractivity contribution in [3.05, 3.63) is 70.8 Å². The van der Waals surface area contributed by atoms with Crippen molar-refractivity contribution in [3.8, 4) is 0 Å². The minimum atomic E-state index is -0.944. The van der Waals surface area contributed by atoms with Gasteiger partial charge in [0, 0.05) is 34.8 Å². The van der Waals surface area contributed by atoms with Crippen molar-refractivity contribution in [2.75, 3.05) is 5.32 Å². The Morgan fingerprint density at radius 1 is 1.06 bits per heavy atom. The molecule has 0 saturated heterocycles. The number of carboxylic acid groups (broad SMARTS) is 2. The molecule has 1 aliphatic rings. The fourth-order valence-electron chi connectivity index (χ4n) is 3.40. The van der Waals surface area contributed by atoms with E-state index in [-0.39, 0.29) is 18.9 Å². The van der Waals surface area contributed by atoms with Crippen molar-refractivity contribution in [3.63, 3.8) is 0 Å². The SMILES string of the molecule is O=C(O)CCc1ccc(NC2=NC(=O)C(=Cc3cn(CC(=O)O)c4ccccc34)S2)cc1. The largest absolute Gasteiger partial charge is 0.481 e. The van der Waals surface area contributed by atoms with Crippen LogP contribution in [0, 0.1) is 0 Å². The van der Waals surface area contributed by atoms with Gasteiger partial charge in [-0.05, 0) is 48.0 Å². The summed E-state index contributed by atoms with van der Waals surface area (Å²) in [6.07, 6.45) is 3.97. The predicted molar refractivity (Wildman–Crippen MR) is 124 cm³/mol. The molecule has 3 aromatic rings. The van der Waals surface area contributed by atoms with Gasteiger partial charge in [0.15, 0.2) is 5.17 Å². The summed E-state index contributed by atoms with van der Waals surface area (Å²) in [5, 5.41) is 22.3. The van der Waals surface area contributed by atoms with E-state index >= 15 is 0 Å². The molecule has 2 heterocycles. The Kier molecular flexibility index (Phi) is 6.09. The molecule has 162 valence electrons. The molecule has 0 aliphatic carbocycles. The standard InChI is InChI=1S/C23H19N3O5S/c27-20(28)10-7-14-5-8-16(9-6-14)24-23-25-22(31)19(32-23)11-15-12-26(13-21(29)30)18-4-2-1-3-17(15)18/h1-6,8-9,11-12H,7,10,13H2,(H,27,28)(H,29,30)(H,24,25,31). The molecular formula is C23H19N3O5S. The lowest BCUT2D eigenvalue weighted by atomic mass is 10.1. The zero-order valence-corrected chi connectivity index (χ0v) is 17.6. The summed E-state index contributed by atoms with van der Waals surface area (Å²) in [6, 6.07) is 14.7. The third kappa shape index (κ3) is 4.89. The number of thioether (sulfide) groups is 1. The topological polar surface area (TPSA) is 121 Å². The Bertz CT molecular complexity index is 1270. The minimum Gasteiger partial charge on any atom is -0.481 e. The molecule has 2 aromatic carbocycles. The van der Waals surface area contributed by atoms with Gasteiger partial charge in [-0.2, -0.15) is 4.99 Å². The van der Waals surface area contributed by atoms with E-state index in [1.165, 1.54) is 11.8 Å². The third-order valence-electron chi connectivity index (χ3n) is 4.86. The number of amides is 1. The van der Waals surface area contributed by atoms with E-state index in [0.717, 1.165) is 27.7 Å². The van der Waals surface area contributed by atoms with Gasteiger partial charge < -0.3 is 20.1 Å². The van der Waals surface area contributed by atoms with E-state index in [9.17, 15) is 14.4 Å². The molecule has 9 heteroatoms. The number of aliphatic carboxylic acids is 2. The Labute approximate surface area is 187 Å². The number of aromatic nitrogens is 1. The van der Waals surface area contributed by atoms with Gasteiger partial charge in [0.1, 0.15) is 6.54 Å². The molecule has 0 spiro atoms. The zero-order chi connectivity index (χ0) is 22.7. The van der Waals surface area contributed by atoms with Crippen LogP contribution in [0.2, 0.25) is 0 Å². The quantitative estimate of drug-likeness (QED) is 0.469. The number of hydrogen-bond donors (Lipinski definition) is 3. The van der Waals surface area contributed by atoms with Gasteiger partial charge in [-0.1, -0.05) is 30.3 Å². The summed E-state index contributed by atoms with van der Waals surface area (Å²) < 4.78 is 1.64. The van der Waals surface area contributed by atoms with Crippen LogP contribution in [0.3, 0.4) is 0 Å².